The lowest BCUT2D eigenvalue weighted by atomic mass is 9.53. The number of hydrogen-bond acceptors (Lipinski definition) is 6. The van der Waals surface area contributed by atoms with E-state index >= 15 is 0 Å². The van der Waals surface area contributed by atoms with Crippen LogP contribution in [-0.2, 0) is 36.6 Å². The van der Waals surface area contributed by atoms with Gasteiger partial charge >= 0.3 is 5.97 Å². The van der Waals surface area contributed by atoms with Gasteiger partial charge in [-0.15, -0.1) is 0 Å². The summed E-state index contributed by atoms with van der Waals surface area (Å²) in [6.45, 7) is 7.05. The molecule has 0 aliphatic carbocycles. The Morgan fingerprint density at radius 1 is 0.844 bits per heavy atom. The predicted molar refractivity (Wildman–Crippen MR) is 118 cm³/mol. The van der Waals surface area contributed by atoms with Crippen LogP contribution in [0.1, 0.15) is 49.9 Å². The molecule has 0 radical (unpaired) electrons. The summed E-state index contributed by atoms with van der Waals surface area (Å²) in [6, 6.07) is 15.0. The maximum atomic E-state index is 12.9. The zero-order valence-corrected chi connectivity index (χ0v) is 19.1. The van der Waals surface area contributed by atoms with Crippen molar-refractivity contribution in [2.45, 2.75) is 50.0 Å². The van der Waals surface area contributed by atoms with Gasteiger partial charge in [-0.3, -0.25) is 9.59 Å². The summed E-state index contributed by atoms with van der Waals surface area (Å²) in [6.07, 6.45) is 0. The summed E-state index contributed by atoms with van der Waals surface area (Å²) in [5.74, 6) is -1.08. The number of ether oxygens (including phenoxy) is 1. The zero-order chi connectivity index (χ0) is 23.5. The van der Waals surface area contributed by atoms with Crippen LogP contribution in [0.4, 0.5) is 0 Å². The smallest absolute Gasteiger partial charge is 0.325 e. The molecule has 7 heteroatoms. The number of amides is 1. The van der Waals surface area contributed by atoms with Crippen LogP contribution in [0.5, 0.6) is 0 Å². The molecule has 2 heterocycles. The Morgan fingerprint density at radius 2 is 1.25 bits per heavy atom. The quantitative estimate of drug-likeness (QED) is 0.630. The molecule has 3 N–H and O–H groups in total. The normalized spacial score (nSPS) is 27.1. The Labute approximate surface area is 188 Å². The molecular weight excluding hydrogens is 408 g/mol. The second-order valence-electron chi connectivity index (χ2n) is 9.62. The second-order valence-corrected chi connectivity index (χ2v) is 9.62. The van der Waals surface area contributed by atoms with Crippen molar-refractivity contribution >= 4 is 11.9 Å². The maximum Gasteiger partial charge on any atom is 0.325 e. The van der Waals surface area contributed by atoms with Crippen molar-refractivity contribution in [1.29, 1.82) is 0 Å². The molecule has 2 bridgehead atoms. The molecule has 170 valence electrons. The first-order chi connectivity index (χ1) is 14.9. The van der Waals surface area contributed by atoms with E-state index in [0.717, 1.165) is 11.1 Å². The van der Waals surface area contributed by atoms with Crippen molar-refractivity contribution in [2.75, 3.05) is 20.2 Å². The fraction of sp³-hybridized carbons (Fsp3) is 0.440. The third-order valence-corrected chi connectivity index (χ3v) is 7.44. The number of aliphatic hydroxyl groups is 2. The number of nitrogens with one attached hydrogen (secondary N) is 1. The Kier molecular flexibility index (Phi) is 5.01. The average Bonchev–Trinajstić information content (AvgIpc) is 2.78. The van der Waals surface area contributed by atoms with Crippen molar-refractivity contribution < 1.29 is 24.5 Å². The molecule has 2 unspecified atom stereocenters. The number of fused-ring (bicyclic) bond motifs is 6. The minimum absolute atomic E-state index is 0.292. The van der Waals surface area contributed by atoms with Crippen LogP contribution in [0, 0.1) is 0 Å². The van der Waals surface area contributed by atoms with Gasteiger partial charge in [0.05, 0.1) is 13.7 Å². The lowest BCUT2D eigenvalue weighted by Crippen LogP contribution is -2.76. The minimum atomic E-state index is -1.69. The van der Waals surface area contributed by atoms with Crippen molar-refractivity contribution in [3.8, 4) is 0 Å². The number of hydrogen-bond donors (Lipinski definition) is 3. The molecule has 0 spiro atoms. The third-order valence-electron chi connectivity index (χ3n) is 7.44. The van der Waals surface area contributed by atoms with Gasteiger partial charge in [0.25, 0.3) is 0 Å². The van der Waals surface area contributed by atoms with Gasteiger partial charge in [0, 0.05) is 22.0 Å². The molecule has 0 fully saturated rings. The molecule has 2 atom stereocenters. The summed E-state index contributed by atoms with van der Waals surface area (Å²) in [4.78, 5) is 25.9. The average molecular weight is 439 g/mol. The monoisotopic (exact) mass is 438 g/mol. The molecule has 7 nitrogen and oxygen atoms in total. The van der Waals surface area contributed by atoms with Crippen LogP contribution in [-0.4, -0.2) is 47.2 Å². The number of carbonyl (C=O) groups excluding carboxylic acids is 2. The Morgan fingerprint density at radius 3 is 1.66 bits per heavy atom. The maximum absolute atomic E-state index is 12.9. The lowest BCUT2D eigenvalue weighted by Gasteiger charge is -2.67. The van der Waals surface area contributed by atoms with E-state index in [0.29, 0.717) is 11.1 Å². The molecule has 2 aromatic carbocycles. The highest BCUT2D eigenvalue weighted by atomic mass is 16.5. The number of methoxy groups -OCH3 is 1. The molecule has 4 rings (SSSR count). The van der Waals surface area contributed by atoms with Gasteiger partial charge in [-0.1, -0.05) is 76.2 Å². The highest BCUT2D eigenvalue weighted by Crippen LogP contribution is 2.64. The first kappa shape index (κ1) is 22.5. The number of rotatable bonds is 4. The van der Waals surface area contributed by atoms with Gasteiger partial charge in [0.1, 0.15) is 6.54 Å². The van der Waals surface area contributed by atoms with Crippen LogP contribution >= 0.6 is 0 Å². The van der Waals surface area contributed by atoms with E-state index in [2.05, 4.69) is 10.1 Å². The van der Waals surface area contributed by atoms with Gasteiger partial charge in [0.2, 0.25) is 5.91 Å². The molecular formula is C25H30N2O5. The number of carbonyl (C=O) groups is 2. The van der Waals surface area contributed by atoms with Crippen LogP contribution in [0.25, 0.3) is 0 Å². The number of nitrogens with zero attached hydrogens (tertiary/aromatic N) is 1. The van der Waals surface area contributed by atoms with Crippen LogP contribution in [0.15, 0.2) is 48.5 Å². The summed E-state index contributed by atoms with van der Waals surface area (Å²) in [7, 11) is 1.24. The van der Waals surface area contributed by atoms with Gasteiger partial charge in [-0.05, 0) is 11.1 Å². The van der Waals surface area contributed by atoms with Gasteiger partial charge < -0.3 is 20.3 Å². The molecule has 1 amide bonds. The standard InChI is InChI=1S/C25H30N2O5/c1-22(2)16-10-6-8-12-18(16)25(31)23(3,4)17-11-7-9-13-19(17)24(22,30)27(25)15-20(28)26-14-21(29)32-5/h6-13,30-31H,14-15H2,1-5H3,(H,26,28). The molecule has 0 saturated heterocycles. The molecule has 2 aliphatic heterocycles. The van der Waals surface area contributed by atoms with E-state index in [1.54, 1.807) is 0 Å². The third kappa shape index (κ3) is 2.65. The van der Waals surface area contributed by atoms with Crippen molar-refractivity contribution in [3.05, 3.63) is 70.8 Å². The molecule has 32 heavy (non-hydrogen) atoms. The minimum Gasteiger partial charge on any atom is -0.468 e. The largest absolute Gasteiger partial charge is 0.468 e. The van der Waals surface area contributed by atoms with E-state index in [9.17, 15) is 19.8 Å². The fourth-order valence-electron chi connectivity index (χ4n) is 5.58. The summed E-state index contributed by atoms with van der Waals surface area (Å²) >= 11 is 0. The molecule has 0 saturated carbocycles. The van der Waals surface area contributed by atoms with E-state index in [1.807, 2.05) is 76.2 Å². The van der Waals surface area contributed by atoms with E-state index < -0.39 is 34.2 Å². The second kappa shape index (κ2) is 7.13. The summed E-state index contributed by atoms with van der Waals surface area (Å²) < 4.78 is 4.60. The number of esters is 1. The zero-order valence-electron chi connectivity index (χ0n) is 19.1. The fourth-order valence-corrected chi connectivity index (χ4v) is 5.58. The molecule has 2 aromatic rings. The lowest BCUT2D eigenvalue weighted by molar-refractivity contribution is -0.311. The molecule has 0 aromatic heterocycles. The van der Waals surface area contributed by atoms with Gasteiger partial charge in [-0.2, -0.15) is 0 Å². The highest BCUT2D eigenvalue weighted by Gasteiger charge is 2.70. The first-order valence-electron chi connectivity index (χ1n) is 10.7. The topological polar surface area (TPSA) is 99.1 Å². The highest BCUT2D eigenvalue weighted by molar-refractivity contribution is 5.83. The predicted octanol–water partition coefficient (Wildman–Crippen LogP) is 1.85. The first-order valence-corrected chi connectivity index (χ1v) is 10.7. The van der Waals surface area contributed by atoms with E-state index in [4.69, 9.17) is 0 Å². The number of benzene rings is 2. The van der Waals surface area contributed by atoms with E-state index in [-0.39, 0.29) is 13.1 Å². The summed E-state index contributed by atoms with van der Waals surface area (Å²) in [5, 5.41) is 27.4. The Bertz CT molecular complexity index is 1030. The van der Waals surface area contributed by atoms with Crippen molar-refractivity contribution in [1.82, 2.24) is 10.2 Å². The SMILES string of the molecule is COC(=O)CNC(=O)CN1C2(O)c3ccccc3C(C)(C)C1(O)c1ccccc1C2(C)C. The Balaban J connectivity index is 1.96. The van der Waals surface area contributed by atoms with Crippen LogP contribution in [0.2, 0.25) is 0 Å². The van der Waals surface area contributed by atoms with Gasteiger partial charge in [-0.25, -0.2) is 4.90 Å². The summed E-state index contributed by atoms with van der Waals surface area (Å²) in [5.41, 5.74) is -2.19. The van der Waals surface area contributed by atoms with Crippen molar-refractivity contribution in [3.63, 3.8) is 0 Å². The van der Waals surface area contributed by atoms with Crippen LogP contribution < -0.4 is 5.32 Å². The van der Waals surface area contributed by atoms with Gasteiger partial charge in [0.15, 0.2) is 11.4 Å². The van der Waals surface area contributed by atoms with E-state index in [1.165, 1.54) is 12.0 Å². The van der Waals surface area contributed by atoms with Crippen molar-refractivity contribution in [2.24, 2.45) is 0 Å². The van der Waals surface area contributed by atoms with Crippen LogP contribution in [0.3, 0.4) is 0 Å². The molecule has 2 aliphatic rings. The Hall–Kier alpha value is -2.74.